The molecule has 0 N–H and O–H groups in total. The molecule has 0 bridgehead atoms. The first-order chi connectivity index (χ1) is 15.9. The summed E-state index contributed by atoms with van der Waals surface area (Å²) in [7, 11) is 1.59. The summed E-state index contributed by atoms with van der Waals surface area (Å²) < 4.78 is 2.06. The Kier molecular flexibility index (Phi) is 6.51. The van der Waals surface area contributed by atoms with E-state index < -0.39 is 17.2 Å². The minimum Gasteiger partial charge on any atom is -0.336 e. The van der Waals surface area contributed by atoms with Crippen molar-refractivity contribution in [3.05, 3.63) is 128 Å². The van der Waals surface area contributed by atoms with Gasteiger partial charge in [-0.3, -0.25) is 14.2 Å². The predicted octanol–water partition coefficient (Wildman–Crippen LogP) is 3.37. The van der Waals surface area contributed by atoms with E-state index in [-0.39, 0.29) is 18.8 Å². The fourth-order valence-electron chi connectivity index (χ4n) is 3.44. The SMILES string of the molecule is CN(Cc1ccccc1)C(=O)c1nn(-c2cccc(Cl)c2)c(=O)n(Cc2ccccc2)c1=O. The van der Waals surface area contributed by atoms with Gasteiger partial charge >= 0.3 is 5.69 Å². The van der Waals surface area contributed by atoms with Gasteiger partial charge in [0.1, 0.15) is 0 Å². The number of hydrogen-bond donors (Lipinski definition) is 0. The third-order valence-electron chi connectivity index (χ3n) is 5.11. The van der Waals surface area contributed by atoms with Crippen molar-refractivity contribution in [3.8, 4) is 5.69 Å². The van der Waals surface area contributed by atoms with Crippen molar-refractivity contribution in [1.82, 2.24) is 19.2 Å². The topological polar surface area (TPSA) is 77.2 Å². The summed E-state index contributed by atoms with van der Waals surface area (Å²) in [4.78, 5) is 41.1. The number of amides is 1. The second kappa shape index (κ2) is 9.67. The molecule has 0 saturated heterocycles. The monoisotopic (exact) mass is 460 g/mol. The van der Waals surface area contributed by atoms with Gasteiger partial charge < -0.3 is 4.90 Å². The van der Waals surface area contributed by atoms with Crippen LogP contribution in [0.1, 0.15) is 21.6 Å². The molecule has 1 heterocycles. The van der Waals surface area contributed by atoms with Crippen LogP contribution >= 0.6 is 11.6 Å². The first kappa shape index (κ1) is 22.2. The molecule has 0 unspecified atom stereocenters. The summed E-state index contributed by atoms with van der Waals surface area (Å²) in [6.45, 7) is 0.292. The Morgan fingerprint density at radius 3 is 2.18 bits per heavy atom. The van der Waals surface area contributed by atoms with Crippen LogP contribution < -0.4 is 11.2 Å². The number of carbonyl (C=O) groups is 1. The van der Waals surface area contributed by atoms with E-state index >= 15 is 0 Å². The molecule has 4 aromatic rings. The lowest BCUT2D eigenvalue weighted by atomic mass is 10.2. The standard InChI is InChI=1S/C25H21ClN4O3/c1-28(16-18-9-4-2-5-10-18)23(31)22-24(32)29(17-19-11-6-3-7-12-19)25(33)30(27-22)21-14-8-13-20(26)15-21/h2-15H,16-17H2,1H3. The first-order valence-electron chi connectivity index (χ1n) is 10.3. The highest BCUT2D eigenvalue weighted by atomic mass is 35.5. The number of carbonyl (C=O) groups excluding carboxylic acids is 1. The van der Waals surface area contributed by atoms with Gasteiger partial charge in [0.15, 0.2) is 0 Å². The number of benzene rings is 3. The van der Waals surface area contributed by atoms with Gasteiger partial charge in [-0.1, -0.05) is 78.3 Å². The van der Waals surface area contributed by atoms with Crippen LogP contribution in [0, 0.1) is 0 Å². The fourth-order valence-corrected chi connectivity index (χ4v) is 3.62. The van der Waals surface area contributed by atoms with Crippen molar-refractivity contribution in [2.75, 3.05) is 7.05 Å². The maximum atomic E-state index is 13.3. The van der Waals surface area contributed by atoms with Gasteiger partial charge in [0.25, 0.3) is 11.5 Å². The summed E-state index contributed by atoms with van der Waals surface area (Å²) in [6, 6.07) is 25.0. The van der Waals surface area contributed by atoms with Gasteiger partial charge in [0.05, 0.1) is 12.2 Å². The number of nitrogens with zero attached hydrogens (tertiary/aromatic N) is 4. The smallest absolute Gasteiger partial charge is 0.336 e. The van der Waals surface area contributed by atoms with E-state index in [4.69, 9.17) is 11.6 Å². The molecule has 0 aliphatic carbocycles. The molecule has 166 valence electrons. The summed E-state index contributed by atoms with van der Waals surface area (Å²) >= 11 is 6.10. The second-order valence-corrected chi connectivity index (χ2v) is 7.98. The minimum absolute atomic E-state index is 0.00424. The Labute approximate surface area is 195 Å². The van der Waals surface area contributed by atoms with Crippen molar-refractivity contribution in [2.24, 2.45) is 0 Å². The molecule has 1 aromatic heterocycles. The van der Waals surface area contributed by atoms with E-state index in [9.17, 15) is 14.4 Å². The minimum atomic E-state index is -0.743. The molecular formula is C25H21ClN4O3. The molecule has 33 heavy (non-hydrogen) atoms. The van der Waals surface area contributed by atoms with E-state index in [1.54, 1.807) is 43.4 Å². The third-order valence-corrected chi connectivity index (χ3v) is 5.34. The number of aromatic nitrogens is 3. The van der Waals surface area contributed by atoms with Crippen LogP contribution in [0.4, 0.5) is 0 Å². The molecule has 0 atom stereocenters. The molecule has 0 saturated carbocycles. The highest BCUT2D eigenvalue weighted by Gasteiger charge is 2.23. The van der Waals surface area contributed by atoms with E-state index in [1.165, 1.54) is 4.90 Å². The molecule has 1 amide bonds. The van der Waals surface area contributed by atoms with Gasteiger partial charge in [0, 0.05) is 18.6 Å². The van der Waals surface area contributed by atoms with Crippen molar-refractivity contribution >= 4 is 17.5 Å². The van der Waals surface area contributed by atoms with Gasteiger partial charge in [0.2, 0.25) is 5.69 Å². The molecule has 0 radical (unpaired) electrons. The lowest BCUT2D eigenvalue weighted by molar-refractivity contribution is 0.0773. The molecule has 7 nitrogen and oxygen atoms in total. The molecule has 0 aliphatic heterocycles. The molecule has 0 spiro atoms. The van der Waals surface area contributed by atoms with Crippen LogP contribution in [0.15, 0.2) is 94.5 Å². The second-order valence-electron chi connectivity index (χ2n) is 7.55. The van der Waals surface area contributed by atoms with Crippen LogP contribution in [-0.4, -0.2) is 32.2 Å². The lowest BCUT2D eigenvalue weighted by Crippen LogP contribution is -2.46. The van der Waals surface area contributed by atoms with Crippen LogP contribution in [0.5, 0.6) is 0 Å². The zero-order chi connectivity index (χ0) is 23.4. The molecule has 4 rings (SSSR count). The Morgan fingerprint density at radius 1 is 0.909 bits per heavy atom. The average molecular weight is 461 g/mol. The van der Waals surface area contributed by atoms with Crippen LogP contribution in [0.3, 0.4) is 0 Å². The van der Waals surface area contributed by atoms with Crippen LogP contribution in [0.25, 0.3) is 5.69 Å². The summed E-state index contributed by atoms with van der Waals surface area (Å²) in [5.74, 6) is -0.582. The lowest BCUT2D eigenvalue weighted by Gasteiger charge is -2.18. The third kappa shape index (κ3) is 4.94. The van der Waals surface area contributed by atoms with Gasteiger partial charge in [-0.05, 0) is 29.3 Å². The zero-order valence-electron chi connectivity index (χ0n) is 17.9. The van der Waals surface area contributed by atoms with Crippen LogP contribution in [-0.2, 0) is 13.1 Å². The number of rotatable bonds is 6. The van der Waals surface area contributed by atoms with Gasteiger partial charge in [-0.25, -0.2) is 4.79 Å². The summed E-state index contributed by atoms with van der Waals surface area (Å²) in [5.41, 5.74) is 0.260. The summed E-state index contributed by atoms with van der Waals surface area (Å²) in [5, 5.41) is 4.57. The number of hydrogen-bond acceptors (Lipinski definition) is 4. The highest BCUT2D eigenvalue weighted by molar-refractivity contribution is 6.30. The molecule has 0 fully saturated rings. The normalized spacial score (nSPS) is 10.7. The zero-order valence-corrected chi connectivity index (χ0v) is 18.6. The molecule has 3 aromatic carbocycles. The first-order valence-corrected chi connectivity index (χ1v) is 10.7. The quantitative estimate of drug-likeness (QED) is 0.442. The average Bonchev–Trinajstić information content (AvgIpc) is 2.83. The van der Waals surface area contributed by atoms with Gasteiger partial charge in [-0.15, -0.1) is 0 Å². The van der Waals surface area contributed by atoms with Crippen molar-refractivity contribution in [3.63, 3.8) is 0 Å². The molecular weight excluding hydrogens is 440 g/mol. The van der Waals surface area contributed by atoms with E-state index in [1.807, 2.05) is 48.5 Å². The summed E-state index contributed by atoms with van der Waals surface area (Å²) in [6.07, 6.45) is 0. The largest absolute Gasteiger partial charge is 0.352 e. The molecule has 8 heteroatoms. The Balaban J connectivity index is 1.82. The van der Waals surface area contributed by atoms with Crippen molar-refractivity contribution < 1.29 is 4.79 Å². The predicted molar refractivity (Wildman–Crippen MR) is 127 cm³/mol. The maximum absolute atomic E-state index is 13.3. The maximum Gasteiger partial charge on any atom is 0.352 e. The van der Waals surface area contributed by atoms with E-state index in [0.717, 1.165) is 20.4 Å². The van der Waals surface area contributed by atoms with E-state index in [0.29, 0.717) is 10.7 Å². The Hall–Kier alpha value is -3.97. The van der Waals surface area contributed by atoms with Crippen molar-refractivity contribution in [1.29, 1.82) is 0 Å². The Morgan fingerprint density at radius 2 is 1.55 bits per heavy atom. The Bertz CT molecular complexity index is 1400. The highest BCUT2D eigenvalue weighted by Crippen LogP contribution is 2.13. The van der Waals surface area contributed by atoms with E-state index in [2.05, 4.69) is 5.10 Å². The van der Waals surface area contributed by atoms with Gasteiger partial charge in [-0.2, -0.15) is 9.78 Å². The number of halogens is 1. The van der Waals surface area contributed by atoms with Crippen LogP contribution in [0.2, 0.25) is 5.02 Å². The molecule has 0 aliphatic rings. The fraction of sp³-hybridized carbons (Fsp3) is 0.120. The van der Waals surface area contributed by atoms with Crippen molar-refractivity contribution in [2.45, 2.75) is 13.1 Å².